The molecule has 0 unspecified atom stereocenters. The number of nitrogens with zero attached hydrogens (tertiary/aromatic N) is 2. The molecule has 0 fully saturated rings. The maximum Gasteiger partial charge on any atom is 0.217 e. The largest absolute Gasteiger partial charge is 0.370 e. The standard InChI is InChI=1S/C11H16N4O/c12-10(16)5-2-6-13-11-8-3-1-4-9(8)14-7-15-11/h7H,1-6H2,(H2,12,16)(H,13,14,15). The van der Waals surface area contributed by atoms with Crippen LogP contribution in [-0.4, -0.2) is 22.4 Å². The number of carbonyl (C=O) groups is 1. The quantitative estimate of drug-likeness (QED) is 0.714. The molecule has 0 aliphatic heterocycles. The summed E-state index contributed by atoms with van der Waals surface area (Å²) in [7, 11) is 0. The number of amides is 1. The fourth-order valence-electron chi connectivity index (χ4n) is 1.98. The SMILES string of the molecule is NC(=O)CCCNc1ncnc2c1CCC2. The van der Waals surface area contributed by atoms with Crippen molar-refractivity contribution >= 4 is 11.7 Å². The monoisotopic (exact) mass is 220 g/mol. The number of hydrogen-bond donors (Lipinski definition) is 2. The van der Waals surface area contributed by atoms with E-state index in [1.807, 2.05) is 0 Å². The average molecular weight is 220 g/mol. The number of aryl methyl sites for hydroxylation is 1. The molecule has 5 nitrogen and oxygen atoms in total. The number of aromatic nitrogens is 2. The first-order valence-electron chi connectivity index (χ1n) is 5.62. The van der Waals surface area contributed by atoms with E-state index in [9.17, 15) is 4.79 Å². The Morgan fingerprint density at radius 2 is 2.31 bits per heavy atom. The molecule has 86 valence electrons. The Labute approximate surface area is 94.5 Å². The number of primary amides is 1. The molecule has 0 spiro atoms. The Bertz CT molecular complexity index is 392. The average Bonchev–Trinajstić information content (AvgIpc) is 2.72. The van der Waals surface area contributed by atoms with Gasteiger partial charge >= 0.3 is 0 Å². The first kappa shape index (κ1) is 10.9. The van der Waals surface area contributed by atoms with E-state index in [2.05, 4.69) is 15.3 Å². The van der Waals surface area contributed by atoms with Crippen LogP contribution < -0.4 is 11.1 Å². The lowest BCUT2D eigenvalue weighted by atomic mass is 10.2. The summed E-state index contributed by atoms with van der Waals surface area (Å²) in [6.07, 6.45) is 6.01. The smallest absolute Gasteiger partial charge is 0.217 e. The number of nitrogens with one attached hydrogen (secondary N) is 1. The molecule has 1 aromatic heterocycles. The van der Waals surface area contributed by atoms with Gasteiger partial charge in [0.1, 0.15) is 12.1 Å². The number of hydrogen-bond acceptors (Lipinski definition) is 4. The van der Waals surface area contributed by atoms with Crippen LogP contribution in [0, 0.1) is 0 Å². The Kier molecular flexibility index (Phi) is 3.34. The third kappa shape index (κ3) is 2.48. The van der Waals surface area contributed by atoms with Crippen molar-refractivity contribution in [2.24, 2.45) is 5.73 Å². The zero-order valence-corrected chi connectivity index (χ0v) is 9.20. The van der Waals surface area contributed by atoms with Gasteiger partial charge in [0, 0.05) is 24.2 Å². The molecule has 16 heavy (non-hydrogen) atoms. The topological polar surface area (TPSA) is 80.9 Å². The van der Waals surface area contributed by atoms with Gasteiger partial charge in [0.05, 0.1) is 0 Å². The molecule has 0 radical (unpaired) electrons. The highest BCUT2D eigenvalue weighted by Gasteiger charge is 2.16. The summed E-state index contributed by atoms with van der Waals surface area (Å²) >= 11 is 0. The van der Waals surface area contributed by atoms with E-state index < -0.39 is 0 Å². The second-order valence-electron chi connectivity index (χ2n) is 4.00. The van der Waals surface area contributed by atoms with Gasteiger partial charge in [-0.05, 0) is 25.7 Å². The normalized spacial score (nSPS) is 13.5. The fourth-order valence-corrected chi connectivity index (χ4v) is 1.98. The van der Waals surface area contributed by atoms with Gasteiger partial charge in [0.2, 0.25) is 5.91 Å². The van der Waals surface area contributed by atoms with Gasteiger partial charge in [-0.15, -0.1) is 0 Å². The van der Waals surface area contributed by atoms with Crippen LogP contribution in [0.1, 0.15) is 30.5 Å². The van der Waals surface area contributed by atoms with E-state index in [1.54, 1.807) is 6.33 Å². The molecule has 1 amide bonds. The summed E-state index contributed by atoms with van der Waals surface area (Å²) in [5.74, 6) is 0.668. The molecule has 1 aliphatic rings. The van der Waals surface area contributed by atoms with Crippen LogP contribution in [0.3, 0.4) is 0 Å². The van der Waals surface area contributed by atoms with Crippen LogP contribution in [0.5, 0.6) is 0 Å². The number of rotatable bonds is 5. The van der Waals surface area contributed by atoms with E-state index in [1.165, 1.54) is 5.56 Å². The minimum Gasteiger partial charge on any atom is -0.370 e. The minimum absolute atomic E-state index is 0.255. The minimum atomic E-state index is -0.255. The predicted molar refractivity (Wildman–Crippen MR) is 61.0 cm³/mol. The second kappa shape index (κ2) is 4.92. The maximum absolute atomic E-state index is 10.6. The van der Waals surface area contributed by atoms with Crippen molar-refractivity contribution in [1.29, 1.82) is 0 Å². The molecule has 0 saturated heterocycles. The van der Waals surface area contributed by atoms with E-state index >= 15 is 0 Å². The van der Waals surface area contributed by atoms with Crippen molar-refractivity contribution in [3.8, 4) is 0 Å². The highest BCUT2D eigenvalue weighted by Crippen LogP contribution is 2.24. The predicted octanol–water partition coefficient (Wildman–Crippen LogP) is 0.643. The molecule has 1 aromatic rings. The molecular formula is C11H16N4O. The number of fused-ring (bicyclic) bond motifs is 1. The second-order valence-corrected chi connectivity index (χ2v) is 4.00. The van der Waals surface area contributed by atoms with Crippen LogP contribution in [0.15, 0.2) is 6.33 Å². The highest BCUT2D eigenvalue weighted by molar-refractivity contribution is 5.73. The first-order chi connectivity index (χ1) is 7.77. The lowest BCUT2D eigenvalue weighted by Crippen LogP contribution is -2.13. The number of nitrogens with two attached hydrogens (primary N) is 1. The van der Waals surface area contributed by atoms with Crippen LogP contribution >= 0.6 is 0 Å². The van der Waals surface area contributed by atoms with Gasteiger partial charge in [-0.3, -0.25) is 4.79 Å². The molecule has 0 atom stereocenters. The van der Waals surface area contributed by atoms with Gasteiger partial charge in [-0.2, -0.15) is 0 Å². The third-order valence-corrected chi connectivity index (χ3v) is 2.77. The summed E-state index contributed by atoms with van der Waals surface area (Å²) in [5, 5.41) is 3.24. The van der Waals surface area contributed by atoms with Gasteiger partial charge in [0.15, 0.2) is 0 Å². The third-order valence-electron chi connectivity index (χ3n) is 2.77. The van der Waals surface area contributed by atoms with E-state index in [-0.39, 0.29) is 5.91 Å². The van der Waals surface area contributed by atoms with Crippen LogP contribution in [0.25, 0.3) is 0 Å². The lowest BCUT2D eigenvalue weighted by molar-refractivity contribution is -0.118. The number of carbonyl (C=O) groups excluding carboxylic acids is 1. The molecular weight excluding hydrogens is 204 g/mol. The summed E-state index contributed by atoms with van der Waals surface area (Å²) in [6, 6.07) is 0. The van der Waals surface area contributed by atoms with E-state index in [4.69, 9.17) is 5.73 Å². The molecule has 0 saturated carbocycles. The van der Waals surface area contributed by atoms with Crippen molar-refractivity contribution in [3.63, 3.8) is 0 Å². The van der Waals surface area contributed by atoms with Crippen molar-refractivity contribution < 1.29 is 4.79 Å². The zero-order valence-electron chi connectivity index (χ0n) is 9.20. The molecule has 5 heteroatoms. The highest BCUT2D eigenvalue weighted by atomic mass is 16.1. The van der Waals surface area contributed by atoms with Crippen molar-refractivity contribution in [2.75, 3.05) is 11.9 Å². The van der Waals surface area contributed by atoms with E-state index in [0.29, 0.717) is 6.42 Å². The fraction of sp³-hybridized carbons (Fsp3) is 0.545. The summed E-state index contributed by atoms with van der Waals surface area (Å²) in [6.45, 7) is 0.729. The Balaban J connectivity index is 1.90. The molecule has 3 N–H and O–H groups in total. The molecule has 2 rings (SSSR count). The summed E-state index contributed by atoms with van der Waals surface area (Å²) in [4.78, 5) is 19.0. The Morgan fingerprint density at radius 1 is 1.44 bits per heavy atom. The zero-order chi connectivity index (χ0) is 11.4. The molecule has 1 heterocycles. The summed E-state index contributed by atoms with van der Waals surface area (Å²) in [5.41, 5.74) is 7.47. The Morgan fingerprint density at radius 3 is 3.12 bits per heavy atom. The van der Waals surface area contributed by atoms with Gasteiger partial charge in [0.25, 0.3) is 0 Å². The first-order valence-corrected chi connectivity index (χ1v) is 5.62. The molecule has 0 aromatic carbocycles. The van der Waals surface area contributed by atoms with Gasteiger partial charge in [-0.1, -0.05) is 0 Å². The number of anilines is 1. The Hall–Kier alpha value is -1.65. The van der Waals surface area contributed by atoms with Crippen LogP contribution in [0.4, 0.5) is 5.82 Å². The lowest BCUT2D eigenvalue weighted by Gasteiger charge is -2.08. The van der Waals surface area contributed by atoms with Crippen molar-refractivity contribution in [3.05, 3.63) is 17.6 Å². The van der Waals surface area contributed by atoms with Crippen LogP contribution in [-0.2, 0) is 17.6 Å². The van der Waals surface area contributed by atoms with E-state index in [0.717, 1.165) is 43.7 Å². The molecule has 1 aliphatic carbocycles. The summed E-state index contributed by atoms with van der Waals surface area (Å²) < 4.78 is 0. The molecule has 0 bridgehead atoms. The van der Waals surface area contributed by atoms with Gasteiger partial charge < -0.3 is 11.1 Å². The van der Waals surface area contributed by atoms with Crippen molar-refractivity contribution in [1.82, 2.24) is 9.97 Å². The van der Waals surface area contributed by atoms with Crippen molar-refractivity contribution in [2.45, 2.75) is 32.1 Å². The van der Waals surface area contributed by atoms with Crippen LogP contribution in [0.2, 0.25) is 0 Å². The van der Waals surface area contributed by atoms with Gasteiger partial charge in [-0.25, -0.2) is 9.97 Å². The maximum atomic E-state index is 10.6.